The Hall–Kier alpha value is -1.64. The monoisotopic (exact) mass is 412 g/mol. The van der Waals surface area contributed by atoms with Crippen LogP contribution in [-0.4, -0.2) is 60.7 Å². The number of halogens is 1. The molecule has 2 amide bonds. The van der Waals surface area contributed by atoms with Crippen molar-refractivity contribution in [3.8, 4) is 0 Å². The first kappa shape index (κ1) is 18.7. The summed E-state index contributed by atoms with van der Waals surface area (Å²) in [5.41, 5.74) is 0.803. The van der Waals surface area contributed by atoms with E-state index in [-0.39, 0.29) is 13.2 Å². The lowest BCUT2D eigenvalue weighted by Gasteiger charge is -2.13. The van der Waals surface area contributed by atoms with Gasteiger partial charge in [-0.3, -0.25) is 19.3 Å². The lowest BCUT2D eigenvalue weighted by atomic mass is 10.2. The zero-order valence-corrected chi connectivity index (χ0v) is 15.7. The summed E-state index contributed by atoms with van der Waals surface area (Å²) < 4.78 is 5.94. The predicted octanol–water partition coefficient (Wildman–Crippen LogP) is 2.59. The number of hydrogen-bond donors (Lipinski definition) is 0. The van der Waals surface area contributed by atoms with Gasteiger partial charge in [0.25, 0.3) is 11.1 Å². The molecule has 1 heterocycles. The average Bonchev–Trinajstić information content (AvgIpc) is 2.77. The highest BCUT2D eigenvalue weighted by molar-refractivity contribution is 9.10. The first-order valence-electron chi connectivity index (χ1n) is 7.18. The van der Waals surface area contributed by atoms with Crippen LogP contribution in [-0.2, 0) is 14.3 Å². The average molecular weight is 413 g/mol. The third kappa shape index (κ3) is 5.19. The smallest absolute Gasteiger partial charge is 0.326 e. The van der Waals surface area contributed by atoms with E-state index < -0.39 is 17.1 Å². The number of hydrogen-bond acceptors (Lipinski definition) is 6. The second kappa shape index (κ2) is 8.46. The van der Waals surface area contributed by atoms with E-state index >= 15 is 0 Å². The number of likely N-dealkylation sites (N-methyl/N-ethyl adjacent to an activating group) is 1. The Balaban J connectivity index is 1.98. The summed E-state index contributed by atoms with van der Waals surface area (Å²) in [4.78, 5) is 39.1. The molecular weight excluding hydrogens is 396 g/mol. The van der Waals surface area contributed by atoms with E-state index in [4.69, 9.17) is 4.74 Å². The number of carbonyl (C=O) groups excluding carboxylic acids is 3. The quantitative estimate of drug-likeness (QED) is 0.528. The van der Waals surface area contributed by atoms with E-state index in [0.717, 1.165) is 26.7 Å². The molecule has 0 aliphatic carbocycles. The molecule has 2 rings (SSSR count). The van der Waals surface area contributed by atoms with Gasteiger partial charge in [-0.2, -0.15) is 0 Å². The molecule has 1 saturated heterocycles. The van der Waals surface area contributed by atoms with Crippen LogP contribution in [0.4, 0.5) is 4.79 Å². The van der Waals surface area contributed by atoms with Crippen LogP contribution < -0.4 is 0 Å². The Morgan fingerprint density at radius 3 is 2.58 bits per heavy atom. The fraction of sp³-hybridized carbons (Fsp3) is 0.312. The van der Waals surface area contributed by atoms with Crippen LogP contribution in [0.15, 0.2) is 33.6 Å². The Bertz CT molecular complexity index is 673. The van der Waals surface area contributed by atoms with E-state index in [1.807, 2.05) is 43.3 Å². The van der Waals surface area contributed by atoms with Gasteiger partial charge in [-0.25, -0.2) is 0 Å². The fourth-order valence-corrected chi connectivity index (χ4v) is 2.97. The van der Waals surface area contributed by atoms with Crippen LogP contribution in [0.3, 0.4) is 0 Å². The number of benzene rings is 1. The van der Waals surface area contributed by atoms with Gasteiger partial charge < -0.3 is 9.64 Å². The second-order valence-corrected chi connectivity index (χ2v) is 7.25. The number of imide groups is 1. The summed E-state index contributed by atoms with van der Waals surface area (Å²) in [7, 11) is 3.72. The SMILES string of the molecule is CN(C)CCOC(=O)CN1C(=O)S/C(=C/c2ccc(Br)cc2)C1=O. The summed E-state index contributed by atoms with van der Waals surface area (Å²) in [6, 6.07) is 7.34. The molecule has 1 aromatic carbocycles. The molecule has 0 aromatic heterocycles. The third-order valence-electron chi connectivity index (χ3n) is 3.13. The lowest BCUT2D eigenvalue weighted by molar-refractivity contribution is -0.146. The molecule has 0 unspecified atom stereocenters. The van der Waals surface area contributed by atoms with Crippen LogP contribution in [0.2, 0.25) is 0 Å². The number of rotatable bonds is 6. The molecule has 6 nitrogen and oxygen atoms in total. The van der Waals surface area contributed by atoms with E-state index in [1.54, 1.807) is 6.08 Å². The highest BCUT2D eigenvalue weighted by atomic mass is 79.9. The fourth-order valence-electron chi connectivity index (χ4n) is 1.86. The van der Waals surface area contributed by atoms with Crippen molar-refractivity contribution in [2.45, 2.75) is 0 Å². The zero-order chi connectivity index (χ0) is 17.7. The first-order chi connectivity index (χ1) is 11.4. The standard InChI is InChI=1S/C16H17BrN2O4S/c1-18(2)7-8-23-14(20)10-19-15(21)13(24-16(19)22)9-11-3-5-12(17)6-4-11/h3-6,9H,7-8,10H2,1-2H3/b13-9+. The summed E-state index contributed by atoms with van der Waals surface area (Å²) >= 11 is 4.16. The van der Waals surface area contributed by atoms with Crippen molar-refractivity contribution in [1.82, 2.24) is 9.80 Å². The second-order valence-electron chi connectivity index (χ2n) is 5.34. The molecule has 0 spiro atoms. The highest BCUT2D eigenvalue weighted by Gasteiger charge is 2.36. The molecular formula is C16H17BrN2O4S. The van der Waals surface area contributed by atoms with Gasteiger partial charge >= 0.3 is 5.97 Å². The molecule has 8 heteroatoms. The van der Waals surface area contributed by atoms with Gasteiger partial charge in [-0.05, 0) is 49.6 Å². The van der Waals surface area contributed by atoms with Crippen molar-refractivity contribution < 1.29 is 19.1 Å². The molecule has 1 aromatic rings. The van der Waals surface area contributed by atoms with Crippen LogP contribution >= 0.6 is 27.7 Å². The Labute approximate surface area is 152 Å². The minimum absolute atomic E-state index is 0.219. The summed E-state index contributed by atoms with van der Waals surface area (Å²) in [5.74, 6) is -1.07. The molecule has 128 valence electrons. The summed E-state index contributed by atoms with van der Waals surface area (Å²) in [6.07, 6.45) is 1.63. The summed E-state index contributed by atoms with van der Waals surface area (Å²) in [6.45, 7) is 0.434. The minimum Gasteiger partial charge on any atom is -0.463 e. The number of carbonyl (C=O) groups is 3. The predicted molar refractivity (Wildman–Crippen MR) is 96.3 cm³/mol. The van der Waals surface area contributed by atoms with Crippen LogP contribution in [0.1, 0.15) is 5.56 Å². The molecule has 0 radical (unpaired) electrons. The zero-order valence-electron chi connectivity index (χ0n) is 13.3. The largest absolute Gasteiger partial charge is 0.463 e. The van der Waals surface area contributed by atoms with Crippen molar-refractivity contribution in [2.24, 2.45) is 0 Å². The van der Waals surface area contributed by atoms with Gasteiger partial charge in [0, 0.05) is 11.0 Å². The van der Waals surface area contributed by atoms with Crippen molar-refractivity contribution in [2.75, 3.05) is 33.8 Å². The maximum Gasteiger partial charge on any atom is 0.326 e. The van der Waals surface area contributed by atoms with Gasteiger partial charge in [0.1, 0.15) is 13.2 Å². The normalized spacial score (nSPS) is 16.3. The molecule has 1 fully saturated rings. The Morgan fingerprint density at radius 1 is 1.29 bits per heavy atom. The molecule has 0 saturated carbocycles. The van der Waals surface area contributed by atoms with E-state index in [2.05, 4.69) is 15.9 Å². The van der Waals surface area contributed by atoms with E-state index in [9.17, 15) is 14.4 Å². The van der Waals surface area contributed by atoms with Gasteiger partial charge in [-0.1, -0.05) is 28.1 Å². The van der Waals surface area contributed by atoms with Crippen molar-refractivity contribution in [3.05, 3.63) is 39.2 Å². The molecule has 24 heavy (non-hydrogen) atoms. The molecule has 0 bridgehead atoms. The number of nitrogens with zero attached hydrogens (tertiary/aromatic N) is 2. The maximum absolute atomic E-state index is 12.3. The topological polar surface area (TPSA) is 66.9 Å². The number of ether oxygens (including phenoxy) is 1. The number of amides is 2. The van der Waals surface area contributed by atoms with Crippen LogP contribution in [0.25, 0.3) is 6.08 Å². The van der Waals surface area contributed by atoms with Gasteiger partial charge in [0.15, 0.2) is 0 Å². The third-order valence-corrected chi connectivity index (χ3v) is 4.57. The maximum atomic E-state index is 12.3. The van der Waals surface area contributed by atoms with E-state index in [0.29, 0.717) is 11.4 Å². The van der Waals surface area contributed by atoms with Crippen molar-refractivity contribution in [3.63, 3.8) is 0 Å². The Morgan fingerprint density at radius 2 is 1.96 bits per heavy atom. The lowest BCUT2D eigenvalue weighted by Crippen LogP contribution is -2.35. The van der Waals surface area contributed by atoms with Crippen molar-refractivity contribution in [1.29, 1.82) is 0 Å². The van der Waals surface area contributed by atoms with E-state index in [1.165, 1.54) is 0 Å². The van der Waals surface area contributed by atoms with Crippen LogP contribution in [0, 0.1) is 0 Å². The molecule has 0 N–H and O–H groups in total. The molecule has 1 aliphatic rings. The number of esters is 1. The summed E-state index contributed by atoms with van der Waals surface area (Å²) in [5, 5.41) is -0.465. The number of thioether (sulfide) groups is 1. The molecule has 1 aliphatic heterocycles. The molecule has 0 atom stereocenters. The van der Waals surface area contributed by atoms with Gasteiger partial charge in [0.2, 0.25) is 0 Å². The highest BCUT2D eigenvalue weighted by Crippen LogP contribution is 2.32. The Kier molecular flexibility index (Phi) is 6.59. The van der Waals surface area contributed by atoms with Crippen molar-refractivity contribution >= 4 is 50.9 Å². The van der Waals surface area contributed by atoms with Gasteiger partial charge in [-0.15, -0.1) is 0 Å². The minimum atomic E-state index is -0.593. The van der Waals surface area contributed by atoms with Crippen LogP contribution in [0.5, 0.6) is 0 Å². The van der Waals surface area contributed by atoms with Gasteiger partial charge in [0.05, 0.1) is 4.91 Å². The first-order valence-corrected chi connectivity index (χ1v) is 8.79.